The zero-order valence-corrected chi connectivity index (χ0v) is 10.2. The first-order valence-corrected chi connectivity index (χ1v) is 6.11. The number of rotatable bonds is 1. The van der Waals surface area contributed by atoms with Gasteiger partial charge in [0, 0.05) is 5.39 Å². The lowest BCUT2D eigenvalue weighted by Gasteiger charge is -2.32. The van der Waals surface area contributed by atoms with Crippen LogP contribution in [0, 0.1) is 11.3 Å². The van der Waals surface area contributed by atoms with Crippen LogP contribution in [0.1, 0.15) is 13.3 Å². The van der Waals surface area contributed by atoms with Gasteiger partial charge in [0.1, 0.15) is 11.9 Å². The highest BCUT2D eigenvalue weighted by molar-refractivity contribution is 5.97. The van der Waals surface area contributed by atoms with Gasteiger partial charge in [-0.1, -0.05) is 30.3 Å². The molecule has 0 aromatic heterocycles. The summed E-state index contributed by atoms with van der Waals surface area (Å²) in [6.45, 7) is 2.05. The van der Waals surface area contributed by atoms with Crippen molar-refractivity contribution in [2.45, 2.75) is 25.5 Å². The summed E-state index contributed by atoms with van der Waals surface area (Å²) < 4.78 is 5.91. The lowest BCUT2D eigenvalue weighted by molar-refractivity contribution is 0.180. The molecule has 2 atom stereocenters. The average Bonchev–Trinajstić information content (AvgIpc) is 2.40. The van der Waals surface area contributed by atoms with E-state index in [1.807, 2.05) is 25.1 Å². The van der Waals surface area contributed by atoms with Gasteiger partial charge in [0.05, 0.1) is 24.2 Å². The van der Waals surface area contributed by atoms with Gasteiger partial charge < -0.3 is 10.1 Å². The molecular weight excluding hydrogens is 224 g/mol. The van der Waals surface area contributed by atoms with Crippen LogP contribution in [0.2, 0.25) is 0 Å². The molecule has 0 radical (unpaired) electrons. The molecule has 0 spiro atoms. The van der Waals surface area contributed by atoms with Crippen LogP contribution in [0.4, 0.5) is 5.69 Å². The highest BCUT2D eigenvalue weighted by Gasteiger charge is 2.26. The Morgan fingerprint density at radius 2 is 2.11 bits per heavy atom. The van der Waals surface area contributed by atoms with Crippen molar-refractivity contribution in [2.24, 2.45) is 0 Å². The summed E-state index contributed by atoms with van der Waals surface area (Å²) in [5.41, 5.74) is 1.04. The van der Waals surface area contributed by atoms with E-state index in [0.717, 1.165) is 16.8 Å². The maximum atomic E-state index is 8.80. The first-order valence-electron chi connectivity index (χ1n) is 6.11. The fraction of sp³-hybridized carbons (Fsp3) is 0.267. The van der Waals surface area contributed by atoms with Crippen LogP contribution in [0.5, 0.6) is 5.75 Å². The van der Waals surface area contributed by atoms with Crippen molar-refractivity contribution in [1.29, 1.82) is 5.26 Å². The number of nitrogens with zero attached hydrogens (tertiary/aromatic N) is 1. The molecule has 1 heterocycles. The van der Waals surface area contributed by atoms with E-state index in [4.69, 9.17) is 10.00 Å². The Hall–Kier alpha value is -2.21. The number of ether oxygens (including phenoxy) is 1. The van der Waals surface area contributed by atoms with E-state index in [2.05, 4.69) is 29.6 Å². The van der Waals surface area contributed by atoms with E-state index < -0.39 is 0 Å². The predicted octanol–water partition coefficient (Wildman–Crippen LogP) is 3.31. The predicted molar refractivity (Wildman–Crippen MR) is 71.7 cm³/mol. The third-order valence-electron chi connectivity index (χ3n) is 3.39. The van der Waals surface area contributed by atoms with Gasteiger partial charge in [-0.2, -0.15) is 5.26 Å². The quantitative estimate of drug-likeness (QED) is 0.829. The summed E-state index contributed by atoms with van der Waals surface area (Å²) in [6, 6.07) is 14.6. The van der Waals surface area contributed by atoms with Crippen molar-refractivity contribution in [3.63, 3.8) is 0 Å². The molecule has 3 rings (SSSR count). The molecule has 0 bridgehead atoms. The van der Waals surface area contributed by atoms with Crippen LogP contribution < -0.4 is 10.1 Å². The third kappa shape index (κ3) is 1.67. The highest BCUT2D eigenvalue weighted by atomic mass is 16.5. The molecule has 2 unspecified atom stereocenters. The maximum absolute atomic E-state index is 8.80. The Labute approximate surface area is 106 Å². The molecule has 2 aromatic carbocycles. The number of benzene rings is 2. The Morgan fingerprint density at radius 3 is 2.94 bits per heavy atom. The standard InChI is InChI=1S/C15H14N2O/c1-10-13(8-9-16)18-14-7-6-11-4-2-3-5-12(11)15(14)17-10/h2-7,10,13,17H,8H2,1H3. The van der Waals surface area contributed by atoms with Crippen LogP contribution >= 0.6 is 0 Å². The largest absolute Gasteiger partial charge is 0.485 e. The summed E-state index contributed by atoms with van der Waals surface area (Å²) in [4.78, 5) is 0. The van der Waals surface area contributed by atoms with Crippen molar-refractivity contribution in [3.8, 4) is 11.8 Å². The van der Waals surface area contributed by atoms with Crippen molar-refractivity contribution >= 4 is 16.5 Å². The van der Waals surface area contributed by atoms with Gasteiger partial charge in [-0.15, -0.1) is 0 Å². The third-order valence-corrected chi connectivity index (χ3v) is 3.39. The van der Waals surface area contributed by atoms with Gasteiger partial charge in [-0.3, -0.25) is 0 Å². The zero-order valence-electron chi connectivity index (χ0n) is 10.2. The van der Waals surface area contributed by atoms with Gasteiger partial charge in [-0.05, 0) is 18.4 Å². The average molecular weight is 238 g/mol. The second kappa shape index (κ2) is 4.23. The molecule has 0 saturated heterocycles. The number of hydrogen-bond acceptors (Lipinski definition) is 3. The van der Waals surface area contributed by atoms with Crippen LogP contribution in [0.3, 0.4) is 0 Å². The summed E-state index contributed by atoms with van der Waals surface area (Å²) >= 11 is 0. The van der Waals surface area contributed by atoms with Crippen LogP contribution in [-0.4, -0.2) is 12.1 Å². The van der Waals surface area contributed by atoms with Gasteiger partial charge in [0.15, 0.2) is 0 Å². The first-order chi connectivity index (χ1) is 8.79. The van der Waals surface area contributed by atoms with E-state index in [0.29, 0.717) is 6.42 Å². The van der Waals surface area contributed by atoms with E-state index in [9.17, 15) is 0 Å². The number of nitriles is 1. The fourth-order valence-corrected chi connectivity index (χ4v) is 2.39. The molecule has 1 aliphatic rings. The van der Waals surface area contributed by atoms with E-state index in [1.54, 1.807) is 0 Å². The van der Waals surface area contributed by atoms with Gasteiger partial charge in [0.25, 0.3) is 0 Å². The van der Waals surface area contributed by atoms with Gasteiger partial charge in [-0.25, -0.2) is 0 Å². The minimum atomic E-state index is -0.0799. The molecule has 1 N–H and O–H groups in total. The molecule has 0 amide bonds. The number of anilines is 1. The van der Waals surface area contributed by atoms with Crippen LogP contribution in [0.15, 0.2) is 36.4 Å². The zero-order chi connectivity index (χ0) is 12.5. The monoisotopic (exact) mass is 238 g/mol. The Kier molecular flexibility index (Phi) is 2.56. The molecule has 0 fully saturated rings. The number of nitrogens with one attached hydrogen (secondary N) is 1. The van der Waals surface area contributed by atoms with Crippen molar-refractivity contribution in [3.05, 3.63) is 36.4 Å². The van der Waals surface area contributed by atoms with Gasteiger partial charge >= 0.3 is 0 Å². The summed E-state index contributed by atoms with van der Waals surface area (Å²) in [5.74, 6) is 0.840. The second-order valence-corrected chi connectivity index (χ2v) is 4.61. The van der Waals surface area contributed by atoms with Crippen molar-refractivity contribution in [2.75, 3.05) is 5.32 Å². The van der Waals surface area contributed by atoms with Crippen LogP contribution in [-0.2, 0) is 0 Å². The molecule has 3 heteroatoms. The number of hydrogen-bond donors (Lipinski definition) is 1. The Bertz CT molecular complexity index is 630. The molecule has 90 valence electrons. The molecule has 18 heavy (non-hydrogen) atoms. The smallest absolute Gasteiger partial charge is 0.143 e. The van der Waals surface area contributed by atoms with E-state index in [-0.39, 0.29) is 12.1 Å². The molecular formula is C15H14N2O. The van der Waals surface area contributed by atoms with E-state index in [1.165, 1.54) is 5.39 Å². The van der Waals surface area contributed by atoms with Gasteiger partial charge in [0.2, 0.25) is 0 Å². The Balaban J connectivity index is 2.09. The number of fused-ring (bicyclic) bond motifs is 3. The van der Waals surface area contributed by atoms with Crippen molar-refractivity contribution in [1.82, 2.24) is 0 Å². The molecule has 2 aromatic rings. The molecule has 0 saturated carbocycles. The summed E-state index contributed by atoms with van der Waals surface area (Å²) in [6.07, 6.45) is 0.323. The topological polar surface area (TPSA) is 45.0 Å². The molecule has 0 aliphatic carbocycles. The first kappa shape index (κ1) is 10.9. The summed E-state index contributed by atoms with van der Waals surface area (Å²) in [7, 11) is 0. The second-order valence-electron chi connectivity index (χ2n) is 4.61. The fourth-order valence-electron chi connectivity index (χ4n) is 2.39. The SMILES string of the molecule is CC1Nc2c(ccc3ccccc23)OC1CC#N. The lowest BCUT2D eigenvalue weighted by atomic mass is 10.0. The molecule has 3 nitrogen and oxygen atoms in total. The summed E-state index contributed by atoms with van der Waals surface area (Å²) in [5, 5.41) is 14.6. The normalized spacial score (nSPS) is 21.6. The minimum absolute atomic E-state index is 0.0799. The maximum Gasteiger partial charge on any atom is 0.143 e. The molecule has 1 aliphatic heterocycles. The Morgan fingerprint density at radius 1 is 1.28 bits per heavy atom. The minimum Gasteiger partial charge on any atom is -0.485 e. The van der Waals surface area contributed by atoms with Crippen molar-refractivity contribution < 1.29 is 4.74 Å². The highest BCUT2D eigenvalue weighted by Crippen LogP contribution is 2.38. The van der Waals surface area contributed by atoms with Crippen LogP contribution in [0.25, 0.3) is 10.8 Å². The lowest BCUT2D eigenvalue weighted by Crippen LogP contribution is -2.39. The van der Waals surface area contributed by atoms with E-state index >= 15 is 0 Å².